The van der Waals surface area contributed by atoms with Crippen molar-refractivity contribution in [3.8, 4) is 0 Å². The number of nitrogens with one attached hydrogen (secondary N) is 1. The van der Waals surface area contributed by atoms with Gasteiger partial charge in [-0.1, -0.05) is 48.0 Å². The molecule has 0 spiro atoms. The van der Waals surface area contributed by atoms with E-state index in [9.17, 15) is 22.3 Å². The van der Waals surface area contributed by atoms with Gasteiger partial charge in [-0.3, -0.25) is 13.3 Å². The number of rotatable bonds is 9. The molecule has 1 heterocycles. The highest BCUT2D eigenvalue weighted by molar-refractivity contribution is 7.81. The Balaban J connectivity index is 1.60. The van der Waals surface area contributed by atoms with Crippen LogP contribution in [0.3, 0.4) is 0 Å². The van der Waals surface area contributed by atoms with E-state index in [-0.39, 0.29) is 40.6 Å². The Kier molecular flexibility index (Phi) is 8.36. The van der Waals surface area contributed by atoms with Crippen molar-refractivity contribution in [1.82, 2.24) is 14.1 Å². The molecule has 12 heteroatoms. The van der Waals surface area contributed by atoms with Crippen LogP contribution >= 0.6 is 23.3 Å². The Morgan fingerprint density at radius 1 is 1.08 bits per heavy atom. The third kappa shape index (κ3) is 6.11. The standard InChI is InChI=1S/C24H19ClF2N4O3S2/c25-17-7-9-22(19(13-17)24(32)28-11-10-16-6-8-18(26)14-20(16)27)31(36(33)34)23-21(29-35-30-23)12-15-4-2-1-3-5-15/h1-9,13-14H,10-12H2,(H,28,32)(H,33,34)/p-1. The summed E-state index contributed by atoms with van der Waals surface area (Å²) in [5.74, 6) is -1.97. The van der Waals surface area contributed by atoms with Gasteiger partial charge in [0.2, 0.25) is 0 Å². The molecule has 0 aliphatic rings. The average Bonchev–Trinajstić information content (AvgIpc) is 3.29. The Labute approximate surface area is 217 Å². The van der Waals surface area contributed by atoms with E-state index in [2.05, 4.69) is 14.1 Å². The molecule has 0 bridgehead atoms. The van der Waals surface area contributed by atoms with Crippen LogP contribution in [0, 0.1) is 11.6 Å². The number of carbonyl (C=O) groups excluding carboxylic acids is 1. The summed E-state index contributed by atoms with van der Waals surface area (Å²) in [6.07, 6.45) is 0.431. The Hall–Kier alpha value is -3.25. The van der Waals surface area contributed by atoms with Gasteiger partial charge in [-0.2, -0.15) is 8.75 Å². The summed E-state index contributed by atoms with van der Waals surface area (Å²) in [5.41, 5.74) is 1.56. The summed E-state index contributed by atoms with van der Waals surface area (Å²) in [4.78, 5) is 13.0. The molecule has 1 aromatic heterocycles. The van der Waals surface area contributed by atoms with Crippen molar-refractivity contribution < 1.29 is 22.3 Å². The van der Waals surface area contributed by atoms with Crippen molar-refractivity contribution in [1.29, 1.82) is 0 Å². The van der Waals surface area contributed by atoms with Crippen LogP contribution in [0.4, 0.5) is 20.3 Å². The Morgan fingerprint density at radius 2 is 1.86 bits per heavy atom. The highest BCUT2D eigenvalue weighted by Crippen LogP contribution is 2.33. The van der Waals surface area contributed by atoms with Gasteiger partial charge in [0.15, 0.2) is 5.82 Å². The number of halogens is 3. The lowest BCUT2D eigenvalue weighted by Crippen LogP contribution is -2.29. The molecule has 1 unspecified atom stereocenters. The molecule has 0 radical (unpaired) electrons. The van der Waals surface area contributed by atoms with Crippen LogP contribution in [0.25, 0.3) is 0 Å². The molecule has 36 heavy (non-hydrogen) atoms. The summed E-state index contributed by atoms with van der Waals surface area (Å²) in [7, 11) is 0. The first-order valence-electron chi connectivity index (χ1n) is 10.6. The van der Waals surface area contributed by atoms with Gasteiger partial charge in [0, 0.05) is 24.1 Å². The summed E-state index contributed by atoms with van der Waals surface area (Å²) < 4.78 is 61.1. The maximum Gasteiger partial charge on any atom is 0.253 e. The molecule has 1 atom stereocenters. The van der Waals surface area contributed by atoms with Gasteiger partial charge >= 0.3 is 0 Å². The van der Waals surface area contributed by atoms with Crippen LogP contribution in [-0.4, -0.2) is 30.0 Å². The average molecular weight is 548 g/mol. The third-order valence-electron chi connectivity index (χ3n) is 5.21. The van der Waals surface area contributed by atoms with E-state index in [1.54, 1.807) is 0 Å². The SMILES string of the molecule is O=C(NCCc1ccc(F)cc1F)c1cc(Cl)ccc1N(c1nsnc1Cc1ccccc1)S(=O)[O-]. The van der Waals surface area contributed by atoms with Crippen LogP contribution in [0.2, 0.25) is 5.02 Å². The quantitative estimate of drug-likeness (QED) is 0.298. The first-order valence-corrected chi connectivity index (χ1v) is 12.7. The number of aromatic nitrogens is 2. The van der Waals surface area contributed by atoms with E-state index in [0.29, 0.717) is 12.1 Å². The van der Waals surface area contributed by atoms with E-state index >= 15 is 0 Å². The topological polar surface area (TPSA) is 98.2 Å². The predicted molar refractivity (Wildman–Crippen MR) is 134 cm³/mol. The molecule has 4 rings (SSSR count). The number of carbonyl (C=O) groups is 1. The smallest absolute Gasteiger partial charge is 0.253 e. The van der Waals surface area contributed by atoms with E-state index < -0.39 is 28.8 Å². The number of anilines is 2. The van der Waals surface area contributed by atoms with Gasteiger partial charge in [-0.05, 0) is 41.8 Å². The second-order valence-corrected chi connectivity index (χ2v) is 9.38. The number of hydrogen-bond acceptors (Lipinski definition) is 6. The monoisotopic (exact) mass is 547 g/mol. The zero-order chi connectivity index (χ0) is 25.7. The van der Waals surface area contributed by atoms with Crippen LogP contribution < -0.4 is 9.62 Å². The number of nitrogens with zero attached hydrogens (tertiary/aromatic N) is 3. The molecule has 0 fully saturated rings. The zero-order valence-corrected chi connectivity index (χ0v) is 20.9. The Bertz CT molecular complexity index is 1410. The van der Waals surface area contributed by atoms with Gasteiger partial charge in [-0.15, -0.1) is 0 Å². The van der Waals surface area contributed by atoms with Crippen molar-refractivity contribution in [2.45, 2.75) is 12.8 Å². The van der Waals surface area contributed by atoms with E-state index in [1.165, 1.54) is 24.3 Å². The van der Waals surface area contributed by atoms with Crippen molar-refractivity contribution >= 4 is 52.0 Å². The third-order valence-corrected chi connectivity index (χ3v) is 6.67. The van der Waals surface area contributed by atoms with Crippen LogP contribution in [0.5, 0.6) is 0 Å². The lowest BCUT2D eigenvalue weighted by molar-refractivity contribution is 0.0954. The molecular formula is C24H18ClF2N4O3S2-. The van der Waals surface area contributed by atoms with Crippen molar-refractivity contribution in [3.05, 3.63) is 106 Å². The number of hydrogen-bond donors (Lipinski definition) is 1. The summed E-state index contributed by atoms with van der Waals surface area (Å²) in [5, 5.41) is 2.85. The van der Waals surface area contributed by atoms with E-state index in [1.807, 2.05) is 30.3 Å². The van der Waals surface area contributed by atoms with E-state index in [0.717, 1.165) is 33.7 Å². The first-order chi connectivity index (χ1) is 17.3. The van der Waals surface area contributed by atoms with Crippen LogP contribution in [0.1, 0.15) is 27.2 Å². The Morgan fingerprint density at radius 3 is 2.58 bits per heavy atom. The fraction of sp³-hybridized carbons (Fsp3) is 0.125. The highest BCUT2D eigenvalue weighted by atomic mass is 35.5. The lowest BCUT2D eigenvalue weighted by atomic mass is 10.1. The normalized spacial score (nSPS) is 11.8. The summed E-state index contributed by atoms with van der Waals surface area (Å²) in [6.45, 7) is 0.0192. The first kappa shape index (κ1) is 25.8. The van der Waals surface area contributed by atoms with Gasteiger partial charge in [-0.25, -0.2) is 8.78 Å². The van der Waals surface area contributed by atoms with Crippen molar-refractivity contribution in [3.63, 3.8) is 0 Å². The summed E-state index contributed by atoms with van der Waals surface area (Å²) >= 11 is 4.12. The molecule has 7 nitrogen and oxygen atoms in total. The molecule has 0 aliphatic carbocycles. The molecule has 0 aliphatic heterocycles. The van der Waals surface area contributed by atoms with Gasteiger partial charge in [0.25, 0.3) is 5.91 Å². The van der Waals surface area contributed by atoms with Crippen molar-refractivity contribution in [2.24, 2.45) is 0 Å². The molecule has 186 valence electrons. The van der Waals surface area contributed by atoms with Gasteiger partial charge in [0.1, 0.15) is 17.3 Å². The minimum Gasteiger partial charge on any atom is -0.755 e. The minimum absolute atomic E-state index is 0.0192. The fourth-order valence-electron chi connectivity index (χ4n) is 3.52. The molecule has 3 aromatic carbocycles. The second-order valence-electron chi connectivity index (χ2n) is 7.61. The fourth-order valence-corrected chi connectivity index (χ4v) is 4.90. The molecule has 0 saturated carbocycles. The van der Waals surface area contributed by atoms with Gasteiger partial charge in [0.05, 0.1) is 34.2 Å². The molecule has 1 N–H and O–H groups in total. The molecule has 4 aromatic rings. The molecule has 0 saturated heterocycles. The van der Waals surface area contributed by atoms with E-state index in [4.69, 9.17) is 11.6 Å². The largest absolute Gasteiger partial charge is 0.755 e. The zero-order valence-electron chi connectivity index (χ0n) is 18.5. The maximum atomic E-state index is 13.9. The molecular weight excluding hydrogens is 530 g/mol. The second kappa shape index (κ2) is 11.7. The van der Waals surface area contributed by atoms with Crippen molar-refractivity contribution in [2.75, 3.05) is 10.8 Å². The number of benzene rings is 3. The molecule has 1 amide bonds. The highest BCUT2D eigenvalue weighted by Gasteiger charge is 2.24. The minimum atomic E-state index is -2.85. The maximum absolute atomic E-state index is 13.9. The van der Waals surface area contributed by atoms with Gasteiger partial charge < -0.3 is 9.87 Å². The lowest BCUT2D eigenvalue weighted by Gasteiger charge is -2.27. The van der Waals surface area contributed by atoms with Crippen LogP contribution in [0.15, 0.2) is 66.7 Å². The number of amides is 1. The summed E-state index contributed by atoms with van der Waals surface area (Å²) in [6, 6.07) is 16.7. The predicted octanol–water partition coefficient (Wildman–Crippen LogP) is 4.97. The van der Waals surface area contributed by atoms with Crippen LogP contribution in [-0.2, 0) is 24.1 Å².